The number of aromatic nitrogens is 2. The van der Waals surface area contributed by atoms with Crippen molar-refractivity contribution in [3.63, 3.8) is 0 Å². The first-order chi connectivity index (χ1) is 9.16. The summed E-state index contributed by atoms with van der Waals surface area (Å²) in [7, 11) is 0. The molecule has 2 heterocycles. The van der Waals surface area contributed by atoms with Gasteiger partial charge < -0.3 is 15.2 Å². The minimum Gasteiger partial charge on any atom is -0.383 e. The van der Waals surface area contributed by atoms with E-state index in [4.69, 9.17) is 20.2 Å². The monoisotopic (exact) mass is 265 g/mol. The van der Waals surface area contributed by atoms with Gasteiger partial charge in [-0.25, -0.2) is 9.97 Å². The summed E-state index contributed by atoms with van der Waals surface area (Å²) in [5.41, 5.74) is 7.59. The van der Waals surface area contributed by atoms with E-state index in [1.807, 2.05) is 6.92 Å². The zero-order chi connectivity index (χ0) is 13.9. The van der Waals surface area contributed by atoms with Crippen LogP contribution in [0.15, 0.2) is 0 Å². The number of hydrogen-bond acceptors (Lipinski definition) is 5. The van der Waals surface area contributed by atoms with Crippen molar-refractivity contribution in [2.24, 2.45) is 0 Å². The van der Waals surface area contributed by atoms with Crippen molar-refractivity contribution < 1.29 is 9.47 Å². The highest BCUT2D eigenvalue weighted by atomic mass is 16.5. The molecule has 0 spiro atoms. The Bertz CT molecular complexity index is 445. The first-order valence-electron chi connectivity index (χ1n) is 7.04. The summed E-state index contributed by atoms with van der Waals surface area (Å²) >= 11 is 0. The molecule has 0 fully saturated rings. The number of nitrogens with zero attached hydrogens (tertiary/aromatic N) is 2. The van der Waals surface area contributed by atoms with Gasteiger partial charge in [-0.15, -0.1) is 0 Å². The number of ether oxygens (including phenoxy) is 2. The molecule has 1 aliphatic rings. The second-order valence-electron chi connectivity index (χ2n) is 4.79. The molecular weight excluding hydrogens is 242 g/mol. The van der Waals surface area contributed by atoms with Crippen molar-refractivity contribution in [1.29, 1.82) is 0 Å². The lowest BCUT2D eigenvalue weighted by Crippen LogP contribution is -2.32. The first kappa shape index (κ1) is 14.2. The lowest BCUT2D eigenvalue weighted by Gasteiger charge is -2.31. The second-order valence-corrected chi connectivity index (χ2v) is 4.79. The molecule has 1 aromatic rings. The Morgan fingerprint density at radius 3 is 2.63 bits per heavy atom. The van der Waals surface area contributed by atoms with Crippen LogP contribution < -0.4 is 5.73 Å². The van der Waals surface area contributed by atoms with E-state index in [1.54, 1.807) is 0 Å². The highest BCUT2D eigenvalue weighted by Crippen LogP contribution is 2.32. The van der Waals surface area contributed by atoms with Crippen LogP contribution in [0.3, 0.4) is 0 Å². The molecule has 1 aliphatic heterocycles. The normalized spacial score (nSPS) is 15.3. The van der Waals surface area contributed by atoms with Crippen LogP contribution in [0, 0.1) is 0 Å². The number of fused-ring (bicyclic) bond motifs is 1. The third-order valence-electron chi connectivity index (χ3n) is 3.82. The van der Waals surface area contributed by atoms with E-state index >= 15 is 0 Å². The van der Waals surface area contributed by atoms with Crippen molar-refractivity contribution in [2.45, 2.75) is 52.2 Å². The van der Waals surface area contributed by atoms with E-state index in [0.717, 1.165) is 36.3 Å². The molecule has 1 aromatic heterocycles. The van der Waals surface area contributed by atoms with Crippen molar-refractivity contribution in [3.8, 4) is 0 Å². The summed E-state index contributed by atoms with van der Waals surface area (Å²) in [6, 6.07) is 0. The van der Waals surface area contributed by atoms with Crippen molar-refractivity contribution >= 4 is 5.82 Å². The van der Waals surface area contributed by atoms with Crippen molar-refractivity contribution in [1.82, 2.24) is 9.97 Å². The van der Waals surface area contributed by atoms with Gasteiger partial charge >= 0.3 is 0 Å². The van der Waals surface area contributed by atoms with E-state index in [9.17, 15) is 0 Å². The molecule has 5 nitrogen and oxygen atoms in total. The molecule has 19 heavy (non-hydrogen) atoms. The third kappa shape index (κ3) is 2.58. The van der Waals surface area contributed by atoms with Crippen molar-refractivity contribution in [2.75, 3.05) is 18.9 Å². The summed E-state index contributed by atoms with van der Waals surface area (Å²) in [5.74, 6) is 1.25. The average molecular weight is 265 g/mol. The lowest BCUT2D eigenvalue weighted by atomic mass is 9.95. The summed E-state index contributed by atoms with van der Waals surface area (Å²) in [5, 5.41) is 0. The molecular formula is C14H23N3O2. The van der Waals surface area contributed by atoms with E-state index < -0.39 is 5.60 Å². The zero-order valence-corrected chi connectivity index (χ0v) is 12.0. The van der Waals surface area contributed by atoms with Gasteiger partial charge in [0, 0.05) is 18.6 Å². The van der Waals surface area contributed by atoms with Crippen LogP contribution in [0.2, 0.25) is 0 Å². The predicted octanol–water partition coefficient (Wildman–Crippen LogP) is 2.18. The third-order valence-corrected chi connectivity index (χ3v) is 3.82. The number of rotatable bonds is 5. The van der Waals surface area contributed by atoms with E-state index in [-0.39, 0.29) is 0 Å². The number of nitrogen functional groups attached to an aromatic ring is 1. The maximum absolute atomic E-state index is 6.06. The standard InChI is InChI=1S/C14H23N3O2/c1-4-14(5-2,19-6-3)13-16-11-7-8-18-9-10(11)12(15)17-13/h4-9H2,1-3H3,(H2,15,16,17). The van der Waals surface area contributed by atoms with Crippen LogP contribution in [-0.2, 0) is 28.1 Å². The van der Waals surface area contributed by atoms with E-state index in [2.05, 4.69) is 18.8 Å². The Labute approximate surface area is 114 Å². The molecule has 5 heteroatoms. The van der Waals surface area contributed by atoms with E-state index in [0.29, 0.717) is 25.6 Å². The topological polar surface area (TPSA) is 70.3 Å². The number of nitrogens with two attached hydrogens (primary N) is 1. The van der Waals surface area contributed by atoms with Gasteiger partial charge in [-0.1, -0.05) is 13.8 Å². The molecule has 2 rings (SSSR count). The quantitative estimate of drug-likeness (QED) is 0.883. The van der Waals surface area contributed by atoms with Gasteiger partial charge in [0.1, 0.15) is 11.4 Å². The minimum atomic E-state index is -0.420. The summed E-state index contributed by atoms with van der Waals surface area (Å²) in [6.45, 7) is 8.05. The second kappa shape index (κ2) is 5.84. The smallest absolute Gasteiger partial charge is 0.162 e. The van der Waals surface area contributed by atoms with Gasteiger partial charge in [-0.3, -0.25) is 0 Å². The van der Waals surface area contributed by atoms with Gasteiger partial charge in [-0.05, 0) is 19.8 Å². The fourth-order valence-electron chi connectivity index (χ4n) is 2.57. The molecule has 0 saturated heterocycles. The molecule has 0 bridgehead atoms. The summed E-state index contributed by atoms with van der Waals surface area (Å²) in [4.78, 5) is 9.19. The van der Waals surface area contributed by atoms with Gasteiger partial charge in [0.15, 0.2) is 5.82 Å². The Balaban J connectivity index is 2.46. The van der Waals surface area contributed by atoms with Crippen LogP contribution in [0.25, 0.3) is 0 Å². The Hall–Kier alpha value is -1.20. The number of anilines is 1. The average Bonchev–Trinajstić information content (AvgIpc) is 2.45. The maximum Gasteiger partial charge on any atom is 0.162 e. The van der Waals surface area contributed by atoms with Gasteiger partial charge in [0.2, 0.25) is 0 Å². The molecule has 0 atom stereocenters. The summed E-state index contributed by atoms with van der Waals surface area (Å²) in [6.07, 6.45) is 2.48. The van der Waals surface area contributed by atoms with Crippen LogP contribution in [0.1, 0.15) is 50.7 Å². The predicted molar refractivity (Wildman–Crippen MR) is 73.7 cm³/mol. The van der Waals surface area contributed by atoms with Crippen LogP contribution in [-0.4, -0.2) is 23.2 Å². The molecule has 0 aliphatic carbocycles. The highest BCUT2D eigenvalue weighted by molar-refractivity contribution is 5.43. The zero-order valence-electron chi connectivity index (χ0n) is 12.0. The van der Waals surface area contributed by atoms with Gasteiger partial charge in [-0.2, -0.15) is 0 Å². The van der Waals surface area contributed by atoms with Crippen LogP contribution in [0.5, 0.6) is 0 Å². The van der Waals surface area contributed by atoms with Gasteiger partial charge in [0.25, 0.3) is 0 Å². The SMILES string of the molecule is CCOC(CC)(CC)c1nc(N)c2c(n1)CCOC2. The summed E-state index contributed by atoms with van der Waals surface area (Å²) < 4.78 is 11.4. The molecule has 0 radical (unpaired) electrons. The lowest BCUT2D eigenvalue weighted by molar-refractivity contribution is -0.0574. The fourth-order valence-corrected chi connectivity index (χ4v) is 2.57. The molecule has 2 N–H and O–H groups in total. The minimum absolute atomic E-state index is 0.420. The molecule has 0 saturated carbocycles. The van der Waals surface area contributed by atoms with Gasteiger partial charge in [0.05, 0.1) is 18.9 Å². The fraction of sp³-hybridized carbons (Fsp3) is 0.714. The Kier molecular flexibility index (Phi) is 4.37. The number of hydrogen-bond donors (Lipinski definition) is 1. The van der Waals surface area contributed by atoms with Crippen LogP contribution >= 0.6 is 0 Å². The Morgan fingerprint density at radius 1 is 1.26 bits per heavy atom. The van der Waals surface area contributed by atoms with Crippen LogP contribution in [0.4, 0.5) is 5.82 Å². The molecule has 106 valence electrons. The molecule has 0 unspecified atom stereocenters. The van der Waals surface area contributed by atoms with E-state index in [1.165, 1.54) is 0 Å². The maximum atomic E-state index is 6.06. The molecule has 0 amide bonds. The van der Waals surface area contributed by atoms with Crippen molar-refractivity contribution in [3.05, 3.63) is 17.1 Å². The first-order valence-corrected chi connectivity index (χ1v) is 7.04. The molecule has 0 aromatic carbocycles. The highest BCUT2D eigenvalue weighted by Gasteiger charge is 2.34. The largest absolute Gasteiger partial charge is 0.383 e. The Morgan fingerprint density at radius 2 is 2.00 bits per heavy atom.